The van der Waals surface area contributed by atoms with Crippen molar-refractivity contribution in [3.8, 4) is 23.0 Å². The van der Waals surface area contributed by atoms with E-state index < -0.39 is 24.4 Å². The van der Waals surface area contributed by atoms with E-state index in [4.69, 9.17) is 9.47 Å². The lowest BCUT2D eigenvalue weighted by molar-refractivity contribution is -0.125. The molecule has 46 heavy (non-hydrogen) atoms. The zero-order chi connectivity index (χ0) is 32.2. The van der Waals surface area contributed by atoms with Crippen molar-refractivity contribution >= 4 is 11.6 Å². The first kappa shape index (κ1) is 31.3. The van der Waals surface area contributed by atoms with Gasteiger partial charge in [0.05, 0.1) is 24.4 Å². The molecule has 238 valence electrons. The fourth-order valence-corrected chi connectivity index (χ4v) is 6.87. The topological polar surface area (TPSA) is 134 Å². The molecule has 0 amide bonds. The number of hydrogen-bond acceptors (Lipinski definition) is 8. The summed E-state index contributed by atoms with van der Waals surface area (Å²) < 4.78 is 13.4. The van der Waals surface area contributed by atoms with Gasteiger partial charge >= 0.3 is 0 Å². The first-order valence-electron chi connectivity index (χ1n) is 15.7. The van der Waals surface area contributed by atoms with Gasteiger partial charge in [0.1, 0.15) is 34.6 Å². The van der Waals surface area contributed by atoms with Crippen LogP contribution in [0.1, 0.15) is 60.1 Å². The van der Waals surface area contributed by atoms with Gasteiger partial charge in [0.15, 0.2) is 0 Å². The number of rotatable bonds is 12. The number of Topliss-reactive ketones (excluding diaryl/α,β-unsaturated/α-hetero) is 2. The van der Waals surface area contributed by atoms with Crippen molar-refractivity contribution in [2.45, 2.75) is 62.9 Å². The van der Waals surface area contributed by atoms with E-state index in [2.05, 4.69) is 0 Å². The Morgan fingerprint density at radius 2 is 0.783 bits per heavy atom. The predicted octanol–water partition coefficient (Wildman–Crippen LogP) is 6.51. The summed E-state index contributed by atoms with van der Waals surface area (Å²) in [6.45, 7) is 0. The van der Waals surface area contributed by atoms with E-state index in [1.165, 1.54) is 0 Å². The van der Waals surface area contributed by atoms with Crippen LogP contribution in [0.25, 0.3) is 0 Å². The van der Waals surface area contributed by atoms with Crippen LogP contribution >= 0.6 is 0 Å². The number of fused-ring (bicyclic) bond motifs is 1. The Morgan fingerprint density at radius 1 is 0.478 bits per heavy atom. The molecule has 6 atom stereocenters. The Morgan fingerprint density at radius 3 is 1.11 bits per heavy atom. The number of carbonyl (C=O) groups is 2. The third-order valence-electron chi connectivity index (χ3n) is 9.20. The minimum Gasteiger partial charge on any atom is -0.508 e. The molecule has 0 radical (unpaired) electrons. The molecule has 6 rings (SSSR count). The van der Waals surface area contributed by atoms with Crippen LogP contribution in [0.2, 0.25) is 0 Å². The molecule has 2 fully saturated rings. The maximum absolute atomic E-state index is 13.4. The van der Waals surface area contributed by atoms with Crippen LogP contribution in [-0.4, -0.2) is 44.2 Å². The monoisotopic (exact) mass is 622 g/mol. The number of carbonyl (C=O) groups excluding carboxylic acids is 2. The zero-order valence-electron chi connectivity index (χ0n) is 25.4. The van der Waals surface area contributed by atoms with Gasteiger partial charge in [-0.2, -0.15) is 0 Å². The predicted molar refractivity (Wildman–Crippen MR) is 171 cm³/mol. The molecule has 2 aliphatic heterocycles. The van der Waals surface area contributed by atoms with Crippen LogP contribution in [0, 0.1) is 11.8 Å². The van der Waals surface area contributed by atoms with Gasteiger partial charge in [-0.05, 0) is 83.6 Å². The SMILES string of the molecule is O=C(CCc1ccc(O)cc1)C[C@@H]1O[C@@H](c2ccc(O)cc2)[C@H]2[C@@H]1[C@H](c1ccc(O)cc1)O[C@H]2CC(=O)CCc1ccc(O)cc1. The molecule has 0 saturated carbocycles. The minimum atomic E-state index is -0.480. The van der Waals surface area contributed by atoms with Crippen molar-refractivity contribution in [2.24, 2.45) is 11.8 Å². The first-order chi connectivity index (χ1) is 22.2. The molecule has 0 aromatic heterocycles. The molecule has 4 aromatic rings. The van der Waals surface area contributed by atoms with Crippen LogP contribution in [0.3, 0.4) is 0 Å². The van der Waals surface area contributed by atoms with Crippen LogP contribution in [-0.2, 0) is 31.9 Å². The van der Waals surface area contributed by atoms with Gasteiger partial charge < -0.3 is 29.9 Å². The summed E-state index contributed by atoms with van der Waals surface area (Å²) in [6.07, 6.45) is 0.176. The van der Waals surface area contributed by atoms with E-state index in [0.717, 1.165) is 22.3 Å². The van der Waals surface area contributed by atoms with E-state index in [0.29, 0.717) is 25.7 Å². The lowest BCUT2D eigenvalue weighted by Gasteiger charge is -2.25. The molecule has 0 spiro atoms. The molecule has 2 saturated heterocycles. The Bertz CT molecular complexity index is 1510. The largest absolute Gasteiger partial charge is 0.508 e. The van der Waals surface area contributed by atoms with E-state index in [-0.39, 0.29) is 59.2 Å². The van der Waals surface area contributed by atoms with Crippen LogP contribution in [0.4, 0.5) is 0 Å². The van der Waals surface area contributed by atoms with E-state index in [1.807, 2.05) is 24.3 Å². The van der Waals surface area contributed by atoms with Crippen molar-refractivity contribution in [3.05, 3.63) is 119 Å². The highest BCUT2D eigenvalue weighted by Gasteiger charge is 2.58. The van der Waals surface area contributed by atoms with Crippen molar-refractivity contribution in [2.75, 3.05) is 0 Å². The van der Waals surface area contributed by atoms with Gasteiger partial charge in [0.25, 0.3) is 0 Å². The number of phenols is 4. The van der Waals surface area contributed by atoms with Crippen molar-refractivity contribution < 1.29 is 39.5 Å². The van der Waals surface area contributed by atoms with Gasteiger partial charge in [-0.1, -0.05) is 48.5 Å². The average Bonchev–Trinajstić information content (AvgIpc) is 3.60. The standard InChI is InChI=1S/C38H38O8/c39-27-11-1-23(2-12-27)5-15-31(43)21-33-35-36(38(45-33)26-9-19-30(42)20-10-26)34(46-37(35)25-7-17-29(41)18-8-25)22-32(44)16-6-24-3-13-28(40)14-4-24/h1-4,7-14,17-20,33-42H,5-6,15-16,21-22H2/t33-,34-,35+,36+,37-,38-/m0/s1. The molecular weight excluding hydrogens is 584 g/mol. The summed E-state index contributed by atoms with van der Waals surface area (Å²) in [5, 5.41) is 39.1. The molecule has 4 aromatic carbocycles. The molecular formula is C38H38O8. The highest BCUT2D eigenvalue weighted by Crippen LogP contribution is 2.57. The smallest absolute Gasteiger partial charge is 0.135 e. The number of aromatic hydroxyl groups is 4. The summed E-state index contributed by atoms with van der Waals surface area (Å²) in [5.41, 5.74) is 3.58. The maximum Gasteiger partial charge on any atom is 0.135 e. The molecule has 8 heteroatoms. The number of ketones is 2. The third-order valence-corrected chi connectivity index (χ3v) is 9.20. The maximum atomic E-state index is 13.4. The second kappa shape index (κ2) is 13.8. The first-order valence-corrected chi connectivity index (χ1v) is 15.7. The lowest BCUT2D eigenvalue weighted by atomic mass is 9.77. The number of benzene rings is 4. The van der Waals surface area contributed by atoms with Gasteiger partial charge in [-0.15, -0.1) is 0 Å². The Kier molecular flexibility index (Phi) is 9.38. The van der Waals surface area contributed by atoms with Crippen LogP contribution < -0.4 is 0 Å². The summed E-state index contributed by atoms with van der Waals surface area (Å²) in [7, 11) is 0. The Balaban J connectivity index is 1.25. The highest BCUT2D eigenvalue weighted by molar-refractivity contribution is 5.80. The molecule has 0 unspecified atom stereocenters. The normalized spacial score (nSPS) is 23.7. The molecule has 8 nitrogen and oxygen atoms in total. The molecule has 0 aliphatic carbocycles. The van der Waals surface area contributed by atoms with Gasteiger partial charge in [0.2, 0.25) is 0 Å². The van der Waals surface area contributed by atoms with Crippen molar-refractivity contribution in [3.63, 3.8) is 0 Å². The molecule has 2 heterocycles. The van der Waals surface area contributed by atoms with Crippen molar-refractivity contribution in [1.82, 2.24) is 0 Å². The Hall–Kier alpha value is -4.66. The molecule has 2 aliphatic rings. The summed E-state index contributed by atoms with van der Waals surface area (Å²) in [5.74, 6) is 0.217. The van der Waals surface area contributed by atoms with Crippen LogP contribution in [0.5, 0.6) is 23.0 Å². The van der Waals surface area contributed by atoms with Gasteiger partial charge in [0, 0.05) is 37.5 Å². The summed E-state index contributed by atoms with van der Waals surface area (Å²) >= 11 is 0. The lowest BCUT2D eigenvalue weighted by Crippen LogP contribution is -2.27. The zero-order valence-corrected chi connectivity index (χ0v) is 25.4. The highest BCUT2D eigenvalue weighted by atomic mass is 16.5. The van der Waals surface area contributed by atoms with Gasteiger partial charge in [-0.3, -0.25) is 9.59 Å². The number of hydrogen-bond donors (Lipinski definition) is 4. The average molecular weight is 623 g/mol. The quantitative estimate of drug-likeness (QED) is 0.141. The fraction of sp³-hybridized carbons (Fsp3) is 0.316. The minimum absolute atomic E-state index is 0.0426. The Labute approximate surface area is 267 Å². The second-order valence-corrected chi connectivity index (χ2v) is 12.3. The van der Waals surface area contributed by atoms with E-state index >= 15 is 0 Å². The number of aryl methyl sites for hydroxylation is 2. The van der Waals surface area contributed by atoms with Crippen molar-refractivity contribution in [1.29, 1.82) is 0 Å². The second-order valence-electron chi connectivity index (χ2n) is 12.3. The van der Waals surface area contributed by atoms with Gasteiger partial charge in [-0.25, -0.2) is 0 Å². The summed E-state index contributed by atoms with van der Waals surface area (Å²) in [6, 6.07) is 27.3. The number of ether oxygens (including phenoxy) is 2. The van der Waals surface area contributed by atoms with Crippen LogP contribution in [0.15, 0.2) is 97.1 Å². The third kappa shape index (κ3) is 7.25. The molecule has 4 N–H and O–H groups in total. The fourth-order valence-electron chi connectivity index (χ4n) is 6.87. The van der Waals surface area contributed by atoms with E-state index in [9.17, 15) is 30.0 Å². The number of phenolic OH excluding ortho intramolecular Hbond substituents is 4. The van der Waals surface area contributed by atoms with E-state index in [1.54, 1.807) is 72.8 Å². The molecule has 0 bridgehead atoms. The summed E-state index contributed by atoms with van der Waals surface area (Å²) in [4.78, 5) is 26.8.